The van der Waals surface area contributed by atoms with Crippen molar-refractivity contribution in [3.63, 3.8) is 0 Å². The zero-order valence-corrected chi connectivity index (χ0v) is 9.23. The van der Waals surface area contributed by atoms with Crippen LogP contribution in [-0.4, -0.2) is 6.54 Å². The topological polar surface area (TPSA) is 35.2 Å². The quantitative estimate of drug-likeness (QED) is 0.767. The summed E-state index contributed by atoms with van der Waals surface area (Å²) < 4.78 is 5.43. The summed E-state index contributed by atoms with van der Waals surface area (Å²) in [7, 11) is 0.522. The number of hydrogen-bond donors (Lipinski definition) is 1. The van der Waals surface area contributed by atoms with Crippen molar-refractivity contribution in [3.8, 4) is 5.75 Å². The van der Waals surface area contributed by atoms with E-state index in [-0.39, 0.29) is 0 Å². The summed E-state index contributed by atoms with van der Waals surface area (Å²) in [5.41, 5.74) is 6.92. The Labute approximate surface area is 83.8 Å². The molecule has 0 aliphatic carbocycles. The lowest BCUT2D eigenvalue weighted by Gasteiger charge is -2.09. The summed E-state index contributed by atoms with van der Waals surface area (Å²) >= 11 is 1.77. The van der Waals surface area contributed by atoms with E-state index < -0.39 is 0 Å². The molecular formula is C9H12NOPS. The van der Waals surface area contributed by atoms with Gasteiger partial charge in [-0.05, 0) is 30.2 Å². The van der Waals surface area contributed by atoms with Crippen LogP contribution in [0.4, 0.5) is 0 Å². The second kappa shape index (κ2) is 3.87. The molecule has 0 bridgehead atoms. The van der Waals surface area contributed by atoms with Crippen molar-refractivity contribution < 1.29 is 4.52 Å². The monoisotopic (exact) mass is 213 g/mol. The standard InChI is InChI=1S/C9H12NOPS/c1-6(5-10)7-2-3-8-9(4-7)13-12-11-8/h2-4,6,12H,5,10H2,1H3. The van der Waals surface area contributed by atoms with Gasteiger partial charge in [0.2, 0.25) is 0 Å². The van der Waals surface area contributed by atoms with E-state index in [2.05, 4.69) is 19.1 Å². The molecule has 1 aliphatic rings. The lowest BCUT2D eigenvalue weighted by atomic mass is 10.0. The summed E-state index contributed by atoms with van der Waals surface area (Å²) in [5.74, 6) is 1.46. The molecule has 2 unspecified atom stereocenters. The minimum atomic E-state index is 0.440. The van der Waals surface area contributed by atoms with Crippen LogP contribution in [0.15, 0.2) is 23.1 Å². The predicted octanol–water partition coefficient (Wildman–Crippen LogP) is 2.74. The molecule has 2 N–H and O–H groups in total. The van der Waals surface area contributed by atoms with Crippen LogP contribution >= 0.6 is 19.4 Å². The van der Waals surface area contributed by atoms with Crippen molar-refractivity contribution in [1.82, 2.24) is 0 Å². The fourth-order valence-corrected chi connectivity index (χ4v) is 3.26. The maximum absolute atomic E-state index is 5.61. The molecule has 70 valence electrons. The van der Waals surface area contributed by atoms with E-state index in [0.717, 1.165) is 5.75 Å². The van der Waals surface area contributed by atoms with E-state index in [1.54, 1.807) is 11.4 Å². The Balaban J connectivity index is 2.30. The van der Waals surface area contributed by atoms with Gasteiger partial charge in [0.1, 0.15) is 13.8 Å². The van der Waals surface area contributed by atoms with Crippen LogP contribution in [0.25, 0.3) is 0 Å². The molecule has 0 fully saturated rings. The summed E-state index contributed by atoms with van der Waals surface area (Å²) in [6.07, 6.45) is 0. The van der Waals surface area contributed by atoms with Gasteiger partial charge < -0.3 is 10.3 Å². The molecule has 0 radical (unpaired) electrons. The Hall–Kier alpha value is -0.240. The van der Waals surface area contributed by atoms with Gasteiger partial charge in [0.05, 0.1) is 4.90 Å². The van der Waals surface area contributed by atoms with Gasteiger partial charge in [-0.15, -0.1) is 0 Å². The van der Waals surface area contributed by atoms with Gasteiger partial charge in [0, 0.05) is 0 Å². The molecule has 4 heteroatoms. The second-order valence-electron chi connectivity index (χ2n) is 3.13. The zero-order valence-electron chi connectivity index (χ0n) is 7.41. The summed E-state index contributed by atoms with van der Waals surface area (Å²) in [4.78, 5) is 1.26. The van der Waals surface area contributed by atoms with Crippen LogP contribution in [0.1, 0.15) is 18.4 Å². The van der Waals surface area contributed by atoms with E-state index >= 15 is 0 Å². The molecule has 1 aromatic carbocycles. The molecule has 2 nitrogen and oxygen atoms in total. The molecule has 1 aromatic rings. The van der Waals surface area contributed by atoms with Crippen LogP contribution in [0.2, 0.25) is 0 Å². The Morgan fingerprint density at radius 3 is 3.23 bits per heavy atom. The summed E-state index contributed by atoms with van der Waals surface area (Å²) in [6.45, 7) is 2.84. The highest BCUT2D eigenvalue weighted by atomic mass is 32.7. The van der Waals surface area contributed by atoms with Crippen LogP contribution in [0.3, 0.4) is 0 Å². The van der Waals surface area contributed by atoms with Gasteiger partial charge in [0.15, 0.2) is 0 Å². The van der Waals surface area contributed by atoms with E-state index in [1.807, 2.05) is 6.07 Å². The maximum atomic E-state index is 5.61. The highest BCUT2D eigenvalue weighted by Gasteiger charge is 2.14. The van der Waals surface area contributed by atoms with Crippen molar-refractivity contribution in [3.05, 3.63) is 23.8 Å². The molecule has 2 atom stereocenters. The molecule has 0 amide bonds. The number of fused-ring (bicyclic) bond motifs is 1. The van der Waals surface area contributed by atoms with E-state index in [0.29, 0.717) is 20.5 Å². The third kappa shape index (κ3) is 1.83. The Morgan fingerprint density at radius 1 is 1.62 bits per heavy atom. The Morgan fingerprint density at radius 2 is 2.46 bits per heavy atom. The molecule has 2 rings (SSSR count). The molecule has 13 heavy (non-hydrogen) atoms. The number of hydrogen-bond acceptors (Lipinski definition) is 3. The predicted molar refractivity (Wildman–Crippen MR) is 58.7 cm³/mol. The third-order valence-corrected chi connectivity index (χ3v) is 4.28. The van der Waals surface area contributed by atoms with Crippen LogP contribution in [0, 0.1) is 0 Å². The first-order chi connectivity index (χ1) is 6.31. The third-order valence-electron chi connectivity index (χ3n) is 2.19. The highest BCUT2D eigenvalue weighted by Crippen LogP contribution is 2.51. The largest absolute Gasteiger partial charge is 0.465 e. The van der Waals surface area contributed by atoms with Crippen LogP contribution < -0.4 is 10.3 Å². The average molecular weight is 213 g/mol. The molecule has 1 aliphatic heterocycles. The Bertz CT molecular complexity index is 318. The maximum Gasteiger partial charge on any atom is 0.139 e. The minimum Gasteiger partial charge on any atom is -0.465 e. The molecule has 1 heterocycles. The van der Waals surface area contributed by atoms with Gasteiger partial charge in [-0.3, -0.25) is 0 Å². The molecule has 0 saturated heterocycles. The fourth-order valence-electron chi connectivity index (χ4n) is 1.24. The van der Waals surface area contributed by atoms with Crippen molar-refractivity contribution in [1.29, 1.82) is 0 Å². The average Bonchev–Trinajstić information content (AvgIpc) is 2.63. The van der Waals surface area contributed by atoms with Crippen LogP contribution in [0.5, 0.6) is 5.75 Å². The van der Waals surface area contributed by atoms with Crippen molar-refractivity contribution >= 4 is 19.4 Å². The lowest BCUT2D eigenvalue weighted by Crippen LogP contribution is -2.08. The van der Waals surface area contributed by atoms with Crippen molar-refractivity contribution in [2.75, 3.05) is 6.54 Å². The summed E-state index contributed by atoms with van der Waals surface area (Å²) in [6, 6.07) is 6.34. The fraction of sp³-hybridized carbons (Fsp3) is 0.333. The number of benzene rings is 1. The first-order valence-electron chi connectivity index (χ1n) is 4.24. The van der Waals surface area contributed by atoms with Gasteiger partial charge in [-0.1, -0.05) is 24.4 Å². The second-order valence-corrected chi connectivity index (χ2v) is 5.26. The van der Waals surface area contributed by atoms with Gasteiger partial charge in [0.25, 0.3) is 0 Å². The lowest BCUT2D eigenvalue weighted by molar-refractivity contribution is 0.631. The van der Waals surface area contributed by atoms with Crippen molar-refractivity contribution in [2.45, 2.75) is 17.7 Å². The first-order valence-corrected chi connectivity index (χ1v) is 6.69. The number of nitrogens with two attached hydrogens (primary N) is 1. The smallest absolute Gasteiger partial charge is 0.139 e. The molecule has 0 spiro atoms. The van der Waals surface area contributed by atoms with Gasteiger partial charge >= 0.3 is 0 Å². The SMILES string of the molecule is CC(CN)c1ccc2c(c1)SPO2. The van der Waals surface area contributed by atoms with E-state index in [9.17, 15) is 0 Å². The number of rotatable bonds is 2. The molecular weight excluding hydrogens is 201 g/mol. The zero-order chi connectivity index (χ0) is 9.26. The summed E-state index contributed by atoms with van der Waals surface area (Å²) in [5, 5.41) is 0. The first kappa shape index (κ1) is 9.32. The molecule has 0 saturated carbocycles. The van der Waals surface area contributed by atoms with E-state index in [4.69, 9.17) is 10.3 Å². The Kier molecular flexibility index (Phi) is 2.77. The van der Waals surface area contributed by atoms with Crippen LogP contribution in [-0.2, 0) is 0 Å². The normalized spacial score (nSPS) is 18.3. The highest BCUT2D eigenvalue weighted by molar-refractivity contribution is 8.48. The van der Waals surface area contributed by atoms with E-state index in [1.165, 1.54) is 10.5 Å². The molecule has 0 aromatic heterocycles. The minimum absolute atomic E-state index is 0.440. The van der Waals surface area contributed by atoms with Gasteiger partial charge in [-0.25, -0.2) is 0 Å². The van der Waals surface area contributed by atoms with Gasteiger partial charge in [-0.2, -0.15) is 0 Å². The van der Waals surface area contributed by atoms with Crippen molar-refractivity contribution in [2.24, 2.45) is 5.73 Å².